The normalized spacial score (nSPS) is 16.2. The Morgan fingerprint density at radius 2 is 2.25 bits per heavy atom. The van der Waals surface area contributed by atoms with Gasteiger partial charge in [-0.3, -0.25) is 10.1 Å². The summed E-state index contributed by atoms with van der Waals surface area (Å²) < 4.78 is 2.07. The minimum atomic E-state index is -0.121. The summed E-state index contributed by atoms with van der Waals surface area (Å²) in [7, 11) is 0. The number of carbonyl (C=O) groups excluding carboxylic acids is 1. The van der Waals surface area contributed by atoms with Gasteiger partial charge in [-0.05, 0) is 45.0 Å². The lowest BCUT2D eigenvalue weighted by Gasteiger charge is -2.25. The molecule has 1 fully saturated rings. The highest BCUT2D eigenvalue weighted by atomic mass is 32.1. The monoisotopic (exact) mass is 291 g/mol. The van der Waals surface area contributed by atoms with Gasteiger partial charge in [-0.15, -0.1) is 10.2 Å². The molecule has 1 aliphatic heterocycles. The standard InChI is InChI=1S/C13H17N5OS/c1-9-16-17-13(20-9)15-12(19)11-3-2-8-18(11)10-4-6-14-7-5-10/h2-3,8,10,14H,4-7H2,1H3,(H,15,17,19). The maximum atomic E-state index is 12.3. The Morgan fingerprint density at radius 1 is 1.45 bits per heavy atom. The van der Waals surface area contributed by atoms with E-state index in [-0.39, 0.29) is 5.91 Å². The van der Waals surface area contributed by atoms with Crippen molar-refractivity contribution >= 4 is 22.4 Å². The van der Waals surface area contributed by atoms with E-state index < -0.39 is 0 Å². The number of rotatable bonds is 3. The van der Waals surface area contributed by atoms with Gasteiger partial charge >= 0.3 is 0 Å². The second-order valence-corrected chi connectivity index (χ2v) is 6.04. The Kier molecular flexibility index (Phi) is 3.79. The molecule has 3 heterocycles. The highest BCUT2D eigenvalue weighted by Crippen LogP contribution is 2.22. The summed E-state index contributed by atoms with van der Waals surface area (Å²) in [5.41, 5.74) is 0.685. The molecule has 20 heavy (non-hydrogen) atoms. The van der Waals surface area contributed by atoms with Gasteiger partial charge in [0.15, 0.2) is 0 Å². The Hall–Kier alpha value is -1.73. The average Bonchev–Trinajstić information content (AvgIpc) is 3.09. The number of hydrogen-bond acceptors (Lipinski definition) is 5. The number of anilines is 1. The van der Waals surface area contributed by atoms with Crippen molar-refractivity contribution < 1.29 is 4.79 Å². The SMILES string of the molecule is Cc1nnc(NC(=O)c2cccn2C2CCNCC2)s1. The van der Waals surface area contributed by atoms with E-state index in [1.807, 2.05) is 25.3 Å². The van der Waals surface area contributed by atoms with E-state index in [2.05, 4.69) is 25.4 Å². The molecule has 1 amide bonds. The first kappa shape index (κ1) is 13.3. The van der Waals surface area contributed by atoms with Gasteiger partial charge in [0.2, 0.25) is 5.13 Å². The second-order valence-electron chi connectivity index (χ2n) is 4.86. The number of aromatic nitrogens is 3. The maximum absolute atomic E-state index is 12.3. The first-order chi connectivity index (χ1) is 9.74. The van der Waals surface area contributed by atoms with Crippen LogP contribution in [0.3, 0.4) is 0 Å². The van der Waals surface area contributed by atoms with Crippen LogP contribution in [-0.2, 0) is 0 Å². The zero-order chi connectivity index (χ0) is 13.9. The van der Waals surface area contributed by atoms with Crippen LogP contribution in [-0.4, -0.2) is 33.8 Å². The van der Waals surface area contributed by atoms with Crippen LogP contribution in [0.4, 0.5) is 5.13 Å². The molecule has 0 bridgehead atoms. The van der Waals surface area contributed by atoms with Crippen molar-refractivity contribution in [1.29, 1.82) is 0 Å². The van der Waals surface area contributed by atoms with Crippen molar-refractivity contribution in [2.45, 2.75) is 25.8 Å². The van der Waals surface area contributed by atoms with Gasteiger partial charge in [0, 0.05) is 12.2 Å². The number of carbonyl (C=O) groups is 1. The molecule has 0 radical (unpaired) electrons. The molecule has 0 atom stereocenters. The number of nitrogens with zero attached hydrogens (tertiary/aromatic N) is 3. The number of aryl methyl sites for hydroxylation is 1. The van der Waals surface area contributed by atoms with Crippen LogP contribution < -0.4 is 10.6 Å². The highest BCUT2D eigenvalue weighted by molar-refractivity contribution is 7.15. The van der Waals surface area contributed by atoms with Crippen LogP contribution in [0.2, 0.25) is 0 Å². The van der Waals surface area contributed by atoms with Gasteiger partial charge in [0.25, 0.3) is 5.91 Å². The summed E-state index contributed by atoms with van der Waals surface area (Å²) in [5, 5.41) is 15.4. The summed E-state index contributed by atoms with van der Waals surface area (Å²) >= 11 is 1.38. The smallest absolute Gasteiger partial charge is 0.274 e. The molecule has 0 saturated carbocycles. The van der Waals surface area contributed by atoms with Crippen molar-refractivity contribution in [2.24, 2.45) is 0 Å². The summed E-state index contributed by atoms with van der Waals surface area (Å²) in [4.78, 5) is 12.3. The molecular weight excluding hydrogens is 274 g/mol. The van der Waals surface area contributed by atoms with Gasteiger partial charge in [-0.1, -0.05) is 11.3 Å². The summed E-state index contributed by atoms with van der Waals surface area (Å²) in [5.74, 6) is -0.121. The lowest BCUT2D eigenvalue weighted by atomic mass is 10.1. The maximum Gasteiger partial charge on any atom is 0.274 e. The van der Waals surface area contributed by atoms with Gasteiger partial charge < -0.3 is 9.88 Å². The fourth-order valence-corrected chi connectivity index (χ4v) is 3.08. The predicted molar refractivity (Wildman–Crippen MR) is 78.2 cm³/mol. The zero-order valence-corrected chi connectivity index (χ0v) is 12.1. The van der Waals surface area contributed by atoms with Crippen LogP contribution in [0.1, 0.15) is 34.4 Å². The fourth-order valence-electron chi connectivity index (χ4n) is 2.50. The topological polar surface area (TPSA) is 71.8 Å². The van der Waals surface area contributed by atoms with Crippen LogP contribution in [0, 0.1) is 6.92 Å². The summed E-state index contributed by atoms with van der Waals surface area (Å²) in [6.45, 7) is 3.87. The third-order valence-electron chi connectivity index (χ3n) is 3.46. The minimum Gasteiger partial charge on any atom is -0.340 e. The quantitative estimate of drug-likeness (QED) is 0.905. The Labute approximate surface area is 121 Å². The van der Waals surface area contributed by atoms with Gasteiger partial charge in [-0.2, -0.15) is 0 Å². The molecule has 106 valence electrons. The molecule has 7 heteroatoms. The van der Waals surface area contributed by atoms with E-state index >= 15 is 0 Å². The number of piperidine rings is 1. The van der Waals surface area contributed by atoms with Crippen LogP contribution >= 0.6 is 11.3 Å². The molecule has 0 unspecified atom stereocenters. The third-order valence-corrected chi connectivity index (χ3v) is 4.21. The van der Waals surface area contributed by atoms with Crippen molar-refractivity contribution in [3.63, 3.8) is 0 Å². The molecule has 0 aliphatic carbocycles. The van der Waals surface area contributed by atoms with Crippen molar-refractivity contribution in [3.8, 4) is 0 Å². The summed E-state index contributed by atoms with van der Waals surface area (Å²) in [6.07, 6.45) is 4.08. The Bertz CT molecular complexity index is 599. The number of hydrogen-bond donors (Lipinski definition) is 2. The molecule has 1 saturated heterocycles. The zero-order valence-electron chi connectivity index (χ0n) is 11.3. The first-order valence-electron chi connectivity index (χ1n) is 6.73. The molecule has 0 spiro atoms. The lowest BCUT2D eigenvalue weighted by molar-refractivity contribution is 0.101. The minimum absolute atomic E-state index is 0.121. The molecule has 2 N–H and O–H groups in total. The number of amides is 1. The van der Waals surface area contributed by atoms with Crippen molar-refractivity contribution in [1.82, 2.24) is 20.1 Å². The molecule has 6 nitrogen and oxygen atoms in total. The van der Waals surface area contributed by atoms with Crippen molar-refractivity contribution in [2.75, 3.05) is 18.4 Å². The predicted octanol–water partition coefficient (Wildman–Crippen LogP) is 1.82. The summed E-state index contributed by atoms with van der Waals surface area (Å²) in [6, 6.07) is 4.16. The molecule has 1 aliphatic rings. The van der Waals surface area contributed by atoms with E-state index in [1.54, 1.807) is 0 Å². The molecule has 2 aromatic heterocycles. The van der Waals surface area contributed by atoms with E-state index in [0.717, 1.165) is 30.9 Å². The van der Waals surface area contributed by atoms with E-state index in [4.69, 9.17) is 0 Å². The second kappa shape index (κ2) is 5.72. The molecule has 0 aromatic carbocycles. The van der Waals surface area contributed by atoms with Gasteiger partial charge in [0.1, 0.15) is 10.7 Å². The fraction of sp³-hybridized carbons (Fsp3) is 0.462. The third kappa shape index (κ3) is 2.73. The van der Waals surface area contributed by atoms with E-state index in [0.29, 0.717) is 16.9 Å². The molecule has 3 rings (SSSR count). The van der Waals surface area contributed by atoms with Crippen LogP contribution in [0.15, 0.2) is 18.3 Å². The van der Waals surface area contributed by atoms with Gasteiger partial charge in [-0.25, -0.2) is 0 Å². The lowest BCUT2D eigenvalue weighted by Crippen LogP contribution is -2.31. The molecular formula is C13H17N5OS. The largest absolute Gasteiger partial charge is 0.340 e. The Balaban J connectivity index is 1.76. The van der Waals surface area contributed by atoms with E-state index in [1.165, 1.54) is 11.3 Å². The first-order valence-corrected chi connectivity index (χ1v) is 7.55. The van der Waals surface area contributed by atoms with E-state index in [9.17, 15) is 4.79 Å². The van der Waals surface area contributed by atoms with Crippen LogP contribution in [0.5, 0.6) is 0 Å². The van der Waals surface area contributed by atoms with Crippen molar-refractivity contribution in [3.05, 3.63) is 29.0 Å². The highest BCUT2D eigenvalue weighted by Gasteiger charge is 2.20. The van der Waals surface area contributed by atoms with Gasteiger partial charge in [0.05, 0.1) is 0 Å². The molecule has 2 aromatic rings. The van der Waals surface area contributed by atoms with Crippen LogP contribution in [0.25, 0.3) is 0 Å². The Morgan fingerprint density at radius 3 is 2.95 bits per heavy atom. The average molecular weight is 291 g/mol. The number of nitrogens with one attached hydrogen (secondary N) is 2.